The van der Waals surface area contributed by atoms with Crippen molar-refractivity contribution in [3.63, 3.8) is 0 Å². The highest BCUT2D eigenvalue weighted by Crippen LogP contribution is 2.17. The van der Waals surface area contributed by atoms with E-state index in [1.807, 2.05) is 0 Å². The van der Waals surface area contributed by atoms with Crippen LogP contribution in [-0.4, -0.2) is 18.0 Å². The molecule has 0 amide bonds. The van der Waals surface area contributed by atoms with E-state index in [1.54, 1.807) is 14.0 Å². The summed E-state index contributed by atoms with van der Waals surface area (Å²) >= 11 is 0. The lowest BCUT2D eigenvalue weighted by Crippen LogP contribution is -2.13. The molecule has 0 atom stereocenters. The average Bonchev–Trinajstić information content (AvgIpc) is 2.71. The normalized spacial score (nSPS) is 11.5. The molecule has 0 spiro atoms. The van der Waals surface area contributed by atoms with Crippen LogP contribution in [0.1, 0.15) is 5.56 Å². The van der Waals surface area contributed by atoms with E-state index in [0.717, 1.165) is 6.07 Å². The van der Waals surface area contributed by atoms with Gasteiger partial charge in [0.25, 0.3) is 10.0 Å². The largest absolute Gasteiger partial charge is 0.339 e. The molecule has 2 rings (SSSR count). The summed E-state index contributed by atoms with van der Waals surface area (Å²) in [5, 5.41) is -0.106. The third-order valence-corrected chi connectivity index (χ3v) is 3.65. The fraction of sp³-hybridized carbons (Fsp3) is 0.182. The van der Waals surface area contributed by atoms with Crippen LogP contribution in [0.2, 0.25) is 0 Å². The maximum atomic E-state index is 13.3. The lowest BCUT2D eigenvalue weighted by Gasteiger charge is -2.06. The van der Waals surface area contributed by atoms with Gasteiger partial charge in [0.15, 0.2) is 5.03 Å². The smallest absolute Gasteiger partial charge is 0.280 e. The van der Waals surface area contributed by atoms with Gasteiger partial charge in [0.05, 0.1) is 12.0 Å². The Morgan fingerprint density at radius 3 is 2.67 bits per heavy atom. The van der Waals surface area contributed by atoms with Gasteiger partial charge >= 0.3 is 0 Å². The summed E-state index contributed by atoms with van der Waals surface area (Å²) in [6, 6.07) is 4.14. The summed E-state index contributed by atoms with van der Waals surface area (Å²) in [6.45, 7) is 1.60. The third-order valence-electron chi connectivity index (χ3n) is 2.38. The molecule has 1 aromatic heterocycles. The second-order valence-electron chi connectivity index (χ2n) is 3.95. The topological polar surface area (TPSA) is 64.0 Å². The van der Waals surface area contributed by atoms with Gasteiger partial charge in [0.1, 0.15) is 5.82 Å². The molecular weight excluding hydrogens is 257 g/mol. The number of anilines is 1. The van der Waals surface area contributed by atoms with Crippen molar-refractivity contribution in [3.05, 3.63) is 42.1 Å². The minimum Gasteiger partial charge on any atom is -0.339 e. The minimum atomic E-state index is -3.77. The number of hydrogen-bond acceptors (Lipinski definition) is 3. The van der Waals surface area contributed by atoms with E-state index in [1.165, 1.54) is 29.2 Å². The molecule has 5 nitrogen and oxygen atoms in total. The number of hydrogen-bond donors (Lipinski definition) is 1. The van der Waals surface area contributed by atoms with Crippen LogP contribution >= 0.6 is 0 Å². The van der Waals surface area contributed by atoms with Crippen LogP contribution in [0.15, 0.2) is 35.7 Å². The molecule has 1 aromatic carbocycles. The zero-order valence-corrected chi connectivity index (χ0v) is 10.7. The van der Waals surface area contributed by atoms with Gasteiger partial charge in [-0.3, -0.25) is 4.72 Å². The Labute approximate surface area is 104 Å². The molecule has 0 bridgehead atoms. The van der Waals surface area contributed by atoms with Gasteiger partial charge in [0, 0.05) is 13.2 Å². The molecule has 0 aliphatic heterocycles. The minimum absolute atomic E-state index is 0.106. The Hall–Kier alpha value is -1.89. The van der Waals surface area contributed by atoms with Crippen molar-refractivity contribution in [2.75, 3.05) is 4.72 Å². The number of rotatable bonds is 3. The highest BCUT2D eigenvalue weighted by atomic mass is 32.2. The average molecular weight is 269 g/mol. The summed E-state index contributed by atoms with van der Waals surface area (Å²) in [4.78, 5) is 3.74. The lowest BCUT2D eigenvalue weighted by molar-refractivity contribution is 0.598. The van der Waals surface area contributed by atoms with Crippen LogP contribution < -0.4 is 4.72 Å². The van der Waals surface area contributed by atoms with Crippen LogP contribution in [0.3, 0.4) is 0 Å². The monoisotopic (exact) mass is 269 g/mol. The standard InChI is InChI=1S/C11H12FN3O2S/c1-8-3-4-9(5-10(8)12)14-18(16,17)11-6-15(2)7-13-11/h3-7,14H,1-2H3. The van der Waals surface area contributed by atoms with E-state index in [0.29, 0.717) is 5.56 Å². The maximum Gasteiger partial charge on any atom is 0.280 e. The lowest BCUT2D eigenvalue weighted by atomic mass is 10.2. The number of aryl methyl sites for hydroxylation is 2. The fourth-order valence-electron chi connectivity index (χ4n) is 1.39. The summed E-state index contributed by atoms with van der Waals surface area (Å²) in [7, 11) is -2.11. The Morgan fingerprint density at radius 2 is 2.11 bits per heavy atom. The summed E-state index contributed by atoms with van der Waals surface area (Å²) in [6.07, 6.45) is 2.75. The Balaban J connectivity index is 2.30. The van der Waals surface area contributed by atoms with E-state index in [2.05, 4.69) is 9.71 Å². The molecule has 0 fully saturated rings. The van der Waals surface area contributed by atoms with Gasteiger partial charge < -0.3 is 4.57 Å². The SMILES string of the molecule is Cc1ccc(NS(=O)(=O)c2cn(C)cn2)cc1F. The van der Waals surface area contributed by atoms with Crippen LogP contribution in [-0.2, 0) is 17.1 Å². The van der Waals surface area contributed by atoms with Crippen molar-refractivity contribution in [3.8, 4) is 0 Å². The second-order valence-corrected chi connectivity index (χ2v) is 5.58. The molecule has 0 aliphatic carbocycles. The first-order valence-electron chi connectivity index (χ1n) is 5.15. The summed E-state index contributed by atoms with van der Waals surface area (Å²) < 4.78 is 40.9. The molecule has 2 aromatic rings. The fourth-order valence-corrected chi connectivity index (χ4v) is 2.42. The zero-order chi connectivity index (χ0) is 13.3. The molecule has 0 saturated carbocycles. The van der Waals surface area contributed by atoms with Crippen molar-refractivity contribution in [2.24, 2.45) is 7.05 Å². The third kappa shape index (κ3) is 2.51. The molecule has 7 heteroatoms. The van der Waals surface area contributed by atoms with Gasteiger partial charge in [-0.05, 0) is 24.6 Å². The van der Waals surface area contributed by atoms with E-state index >= 15 is 0 Å². The van der Waals surface area contributed by atoms with Gasteiger partial charge in [-0.25, -0.2) is 9.37 Å². The number of aromatic nitrogens is 2. The van der Waals surface area contributed by atoms with Crippen LogP contribution in [0, 0.1) is 12.7 Å². The van der Waals surface area contributed by atoms with Gasteiger partial charge in [0.2, 0.25) is 0 Å². The van der Waals surface area contributed by atoms with Crippen molar-refractivity contribution in [1.82, 2.24) is 9.55 Å². The first-order chi connectivity index (χ1) is 8.38. The Kier molecular flexibility index (Phi) is 3.08. The Bertz CT molecular complexity index is 679. The molecule has 0 saturated heterocycles. The number of sulfonamides is 1. The summed E-state index contributed by atoms with van der Waals surface area (Å²) in [5.41, 5.74) is 0.625. The van der Waals surface area contributed by atoms with Crippen LogP contribution in [0.4, 0.5) is 10.1 Å². The molecule has 0 aliphatic rings. The molecule has 0 radical (unpaired) electrons. The van der Waals surface area contributed by atoms with Gasteiger partial charge in [-0.1, -0.05) is 6.07 Å². The van der Waals surface area contributed by atoms with E-state index < -0.39 is 15.8 Å². The van der Waals surface area contributed by atoms with E-state index in [4.69, 9.17) is 0 Å². The van der Waals surface area contributed by atoms with Crippen molar-refractivity contribution >= 4 is 15.7 Å². The van der Waals surface area contributed by atoms with Gasteiger partial charge in [-0.2, -0.15) is 8.42 Å². The van der Waals surface area contributed by atoms with E-state index in [9.17, 15) is 12.8 Å². The Morgan fingerprint density at radius 1 is 1.39 bits per heavy atom. The highest BCUT2D eigenvalue weighted by Gasteiger charge is 2.17. The molecule has 96 valence electrons. The number of nitrogens with one attached hydrogen (secondary N) is 1. The first-order valence-corrected chi connectivity index (χ1v) is 6.64. The molecule has 0 unspecified atom stereocenters. The first kappa shape index (κ1) is 12.6. The number of nitrogens with zero attached hydrogens (tertiary/aromatic N) is 2. The van der Waals surface area contributed by atoms with Gasteiger partial charge in [-0.15, -0.1) is 0 Å². The zero-order valence-electron chi connectivity index (χ0n) is 9.88. The van der Waals surface area contributed by atoms with Crippen molar-refractivity contribution in [2.45, 2.75) is 11.9 Å². The van der Waals surface area contributed by atoms with Crippen molar-refractivity contribution < 1.29 is 12.8 Å². The molecule has 1 N–H and O–H groups in total. The quantitative estimate of drug-likeness (QED) is 0.921. The maximum absolute atomic E-state index is 13.3. The van der Waals surface area contributed by atoms with Crippen molar-refractivity contribution in [1.29, 1.82) is 0 Å². The molecular formula is C11H12FN3O2S. The molecule has 1 heterocycles. The predicted octanol–water partition coefficient (Wildman–Crippen LogP) is 1.67. The number of imidazole rings is 1. The number of benzene rings is 1. The number of halogens is 1. The van der Waals surface area contributed by atoms with Crippen LogP contribution in [0.25, 0.3) is 0 Å². The van der Waals surface area contributed by atoms with E-state index in [-0.39, 0.29) is 10.7 Å². The molecule has 18 heavy (non-hydrogen) atoms. The highest BCUT2D eigenvalue weighted by molar-refractivity contribution is 7.92. The second kappa shape index (κ2) is 4.41. The predicted molar refractivity (Wildman–Crippen MR) is 65.2 cm³/mol. The summed E-state index contributed by atoms with van der Waals surface area (Å²) in [5.74, 6) is -0.462. The van der Waals surface area contributed by atoms with Crippen LogP contribution in [0.5, 0.6) is 0 Å².